The van der Waals surface area contributed by atoms with Crippen LogP contribution in [0, 0.1) is 11.6 Å². The summed E-state index contributed by atoms with van der Waals surface area (Å²) in [4.78, 5) is 16.6. The number of hydrogen-bond acceptors (Lipinski definition) is 3. The van der Waals surface area contributed by atoms with Crippen molar-refractivity contribution in [3.05, 3.63) is 59.4 Å². The number of fused-ring (bicyclic) bond motifs is 1. The molecule has 0 saturated heterocycles. The molecular formula is C18H16F2N4O. The van der Waals surface area contributed by atoms with Gasteiger partial charge in [0, 0.05) is 30.7 Å². The van der Waals surface area contributed by atoms with Gasteiger partial charge in [0.25, 0.3) is 5.91 Å². The third-order valence-electron chi connectivity index (χ3n) is 4.71. The quantitative estimate of drug-likeness (QED) is 0.796. The molecule has 0 aliphatic heterocycles. The van der Waals surface area contributed by atoms with Gasteiger partial charge in [-0.05, 0) is 36.5 Å². The fourth-order valence-corrected chi connectivity index (χ4v) is 3.26. The van der Waals surface area contributed by atoms with Gasteiger partial charge in [-0.1, -0.05) is 6.07 Å². The molecule has 1 N–H and O–H groups in total. The fourth-order valence-electron chi connectivity index (χ4n) is 3.26. The maximum Gasteiger partial charge on any atom is 0.253 e. The van der Waals surface area contributed by atoms with Crippen molar-refractivity contribution in [1.82, 2.24) is 20.1 Å². The van der Waals surface area contributed by atoms with Gasteiger partial charge in [0.15, 0.2) is 5.65 Å². The van der Waals surface area contributed by atoms with Crippen molar-refractivity contribution >= 4 is 16.9 Å². The van der Waals surface area contributed by atoms with E-state index in [1.165, 1.54) is 18.3 Å². The predicted octanol–water partition coefficient (Wildman–Crippen LogP) is 2.92. The second-order valence-electron chi connectivity index (χ2n) is 6.41. The van der Waals surface area contributed by atoms with Gasteiger partial charge < -0.3 is 5.32 Å². The maximum absolute atomic E-state index is 13.8. The Balaban J connectivity index is 1.40. The summed E-state index contributed by atoms with van der Waals surface area (Å²) in [5.41, 5.74) is 1.69. The number of amides is 1. The van der Waals surface area contributed by atoms with E-state index in [2.05, 4.69) is 15.4 Å². The van der Waals surface area contributed by atoms with Crippen molar-refractivity contribution in [2.45, 2.75) is 24.8 Å². The van der Waals surface area contributed by atoms with Gasteiger partial charge in [0.1, 0.15) is 11.6 Å². The first-order valence-electron chi connectivity index (χ1n) is 8.05. The Morgan fingerprint density at radius 3 is 2.80 bits per heavy atom. The number of rotatable bonds is 3. The number of aryl methyl sites for hydroxylation is 1. The maximum atomic E-state index is 13.8. The van der Waals surface area contributed by atoms with Crippen LogP contribution in [0.5, 0.6) is 0 Å². The largest absolute Gasteiger partial charge is 0.349 e. The van der Waals surface area contributed by atoms with Gasteiger partial charge in [-0.25, -0.2) is 13.8 Å². The lowest BCUT2D eigenvalue weighted by Crippen LogP contribution is -2.43. The molecule has 5 nitrogen and oxygen atoms in total. The van der Waals surface area contributed by atoms with Crippen LogP contribution in [0.4, 0.5) is 8.78 Å². The van der Waals surface area contributed by atoms with Gasteiger partial charge in [-0.15, -0.1) is 0 Å². The van der Waals surface area contributed by atoms with Crippen LogP contribution >= 0.6 is 0 Å². The highest BCUT2D eigenvalue weighted by atomic mass is 19.1. The Labute approximate surface area is 142 Å². The summed E-state index contributed by atoms with van der Waals surface area (Å²) in [6.07, 6.45) is 4.46. The number of pyridine rings is 1. The minimum Gasteiger partial charge on any atom is -0.349 e. The number of hydrogen-bond donors (Lipinski definition) is 1. The highest BCUT2D eigenvalue weighted by Gasteiger charge is 2.33. The van der Waals surface area contributed by atoms with Crippen LogP contribution in [-0.4, -0.2) is 26.7 Å². The highest BCUT2D eigenvalue weighted by molar-refractivity contribution is 5.97. The minimum absolute atomic E-state index is 0.00447. The van der Waals surface area contributed by atoms with Gasteiger partial charge in [0.2, 0.25) is 0 Å². The molecule has 4 rings (SSSR count). The molecule has 7 heteroatoms. The number of benzene rings is 1. The van der Waals surface area contributed by atoms with E-state index >= 15 is 0 Å². The SMILES string of the molecule is Cn1ncc2cc(C(=O)NC3CC(c4ccc(F)cc4F)C3)cnc21. The molecule has 1 aromatic carbocycles. The van der Waals surface area contributed by atoms with Crippen molar-refractivity contribution in [1.29, 1.82) is 0 Å². The van der Waals surface area contributed by atoms with Gasteiger partial charge in [0.05, 0.1) is 11.8 Å². The lowest BCUT2D eigenvalue weighted by atomic mass is 9.75. The topological polar surface area (TPSA) is 59.8 Å². The van der Waals surface area contributed by atoms with Gasteiger partial charge in [-0.3, -0.25) is 9.48 Å². The Hall–Kier alpha value is -2.83. The molecule has 0 unspecified atom stereocenters. The lowest BCUT2D eigenvalue weighted by molar-refractivity contribution is 0.0908. The molecule has 1 fully saturated rings. The number of aromatic nitrogens is 3. The average Bonchev–Trinajstić information content (AvgIpc) is 2.92. The molecule has 1 aliphatic rings. The minimum atomic E-state index is -0.580. The standard InChI is InChI=1S/C18H16F2N4O/c1-24-17-11(9-22-24)4-12(8-21-17)18(25)23-14-5-10(6-14)15-3-2-13(19)7-16(15)20/h2-4,7-10,14H,5-6H2,1H3,(H,23,25). The molecule has 2 heterocycles. The van der Waals surface area contributed by atoms with Crippen LogP contribution in [0.3, 0.4) is 0 Å². The zero-order valence-corrected chi connectivity index (χ0v) is 13.5. The van der Waals surface area contributed by atoms with E-state index in [1.807, 2.05) is 0 Å². The number of carbonyl (C=O) groups excluding carboxylic acids is 1. The summed E-state index contributed by atoms with van der Waals surface area (Å²) in [6.45, 7) is 0. The zero-order valence-electron chi connectivity index (χ0n) is 13.5. The Morgan fingerprint density at radius 2 is 2.04 bits per heavy atom. The van der Waals surface area contributed by atoms with Crippen LogP contribution < -0.4 is 5.32 Å². The summed E-state index contributed by atoms with van der Waals surface area (Å²) >= 11 is 0. The van der Waals surface area contributed by atoms with E-state index in [-0.39, 0.29) is 17.9 Å². The Bertz CT molecular complexity index is 963. The summed E-state index contributed by atoms with van der Waals surface area (Å²) in [5.74, 6) is -1.31. The summed E-state index contributed by atoms with van der Waals surface area (Å²) < 4.78 is 28.4. The Morgan fingerprint density at radius 1 is 1.24 bits per heavy atom. The average molecular weight is 342 g/mol. The van der Waals surface area contributed by atoms with Crippen molar-refractivity contribution in [2.24, 2.45) is 7.05 Å². The number of halogens is 2. The van der Waals surface area contributed by atoms with E-state index < -0.39 is 11.6 Å². The van der Waals surface area contributed by atoms with Crippen molar-refractivity contribution in [2.75, 3.05) is 0 Å². The lowest BCUT2D eigenvalue weighted by Gasteiger charge is -2.36. The van der Waals surface area contributed by atoms with Crippen molar-refractivity contribution < 1.29 is 13.6 Å². The van der Waals surface area contributed by atoms with Gasteiger partial charge in [-0.2, -0.15) is 5.10 Å². The number of nitrogens with one attached hydrogen (secondary N) is 1. The third-order valence-corrected chi connectivity index (χ3v) is 4.71. The van der Waals surface area contributed by atoms with Crippen LogP contribution in [0.15, 0.2) is 36.7 Å². The second kappa shape index (κ2) is 5.91. The smallest absolute Gasteiger partial charge is 0.253 e. The van der Waals surface area contributed by atoms with E-state index in [4.69, 9.17) is 0 Å². The molecule has 0 spiro atoms. The van der Waals surface area contributed by atoms with E-state index in [0.29, 0.717) is 29.6 Å². The monoisotopic (exact) mass is 342 g/mol. The normalized spacial score (nSPS) is 19.6. The molecular weight excluding hydrogens is 326 g/mol. The molecule has 25 heavy (non-hydrogen) atoms. The fraction of sp³-hybridized carbons (Fsp3) is 0.278. The van der Waals surface area contributed by atoms with Crippen molar-refractivity contribution in [3.63, 3.8) is 0 Å². The Kier molecular flexibility index (Phi) is 3.71. The molecule has 1 saturated carbocycles. The zero-order chi connectivity index (χ0) is 17.6. The number of carbonyl (C=O) groups is 1. The van der Waals surface area contributed by atoms with Crippen molar-refractivity contribution in [3.8, 4) is 0 Å². The molecule has 0 radical (unpaired) electrons. The van der Waals surface area contributed by atoms with Crippen LogP contribution in [0.1, 0.15) is 34.7 Å². The predicted molar refractivity (Wildman–Crippen MR) is 88.1 cm³/mol. The third kappa shape index (κ3) is 2.86. The number of nitrogens with zero attached hydrogens (tertiary/aromatic N) is 3. The first-order chi connectivity index (χ1) is 12.0. The molecule has 2 aromatic heterocycles. The van der Waals surface area contributed by atoms with Crippen LogP contribution in [0.25, 0.3) is 11.0 Å². The molecule has 128 valence electrons. The molecule has 0 atom stereocenters. The summed E-state index contributed by atoms with van der Waals surface area (Å²) in [6, 6.07) is 5.37. The van der Waals surface area contributed by atoms with E-state index in [1.54, 1.807) is 24.0 Å². The summed E-state index contributed by atoms with van der Waals surface area (Å²) in [7, 11) is 1.79. The molecule has 3 aromatic rings. The highest BCUT2D eigenvalue weighted by Crippen LogP contribution is 2.38. The molecule has 1 amide bonds. The first kappa shape index (κ1) is 15.7. The van der Waals surface area contributed by atoms with E-state index in [9.17, 15) is 13.6 Å². The van der Waals surface area contributed by atoms with Gasteiger partial charge >= 0.3 is 0 Å². The van der Waals surface area contributed by atoms with Crippen LogP contribution in [0.2, 0.25) is 0 Å². The molecule has 1 aliphatic carbocycles. The molecule has 0 bridgehead atoms. The second-order valence-corrected chi connectivity index (χ2v) is 6.41. The van der Waals surface area contributed by atoms with E-state index in [0.717, 1.165) is 11.5 Å². The first-order valence-corrected chi connectivity index (χ1v) is 8.05. The van der Waals surface area contributed by atoms with Crippen LogP contribution in [-0.2, 0) is 7.05 Å². The summed E-state index contributed by atoms with van der Waals surface area (Å²) in [5, 5.41) is 7.84.